The van der Waals surface area contributed by atoms with Crippen molar-refractivity contribution in [2.24, 2.45) is 0 Å². The lowest BCUT2D eigenvalue weighted by atomic mass is 10.2. The van der Waals surface area contributed by atoms with Crippen LogP contribution in [0.5, 0.6) is 0 Å². The van der Waals surface area contributed by atoms with E-state index in [1.54, 1.807) is 0 Å². The molecule has 1 unspecified atom stereocenters. The maximum Gasteiger partial charge on any atom is 0.137 e. The molecule has 2 aromatic rings. The van der Waals surface area contributed by atoms with Crippen LogP contribution in [0.25, 0.3) is 5.65 Å². The average molecular weight is 248 g/mol. The molecule has 0 saturated heterocycles. The number of nitrogens with zero attached hydrogens (tertiary/aromatic N) is 2. The van der Waals surface area contributed by atoms with Crippen molar-refractivity contribution >= 4 is 17.2 Å². The minimum Gasteiger partial charge on any atom is -0.305 e. The fourth-order valence-corrected chi connectivity index (χ4v) is 1.82. The summed E-state index contributed by atoms with van der Waals surface area (Å²) < 4.78 is 1.91. The quantitative estimate of drug-likeness (QED) is 0.842. The first-order valence-corrected chi connectivity index (χ1v) is 5.93. The highest BCUT2D eigenvalue weighted by molar-refractivity contribution is 6.30. The molecule has 0 amide bonds. The van der Waals surface area contributed by atoms with E-state index in [1.165, 1.54) is 0 Å². The number of rotatable bonds is 4. The van der Waals surface area contributed by atoms with Crippen molar-refractivity contribution in [3.05, 3.63) is 35.2 Å². The third-order valence-electron chi connectivity index (χ3n) is 2.60. The van der Waals surface area contributed by atoms with E-state index < -0.39 is 0 Å². The van der Waals surface area contributed by atoms with Crippen LogP contribution < -0.4 is 5.32 Å². The van der Waals surface area contributed by atoms with Gasteiger partial charge in [-0.25, -0.2) is 4.98 Å². The number of fused-ring (bicyclic) bond motifs is 1. The Labute approximate surface area is 106 Å². The van der Waals surface area contributed by atoms with Crippen LogP contribution >= 0.6 is 11.6 Å². The second-order valence-electron chi connectivity index (χ2n) is 3.85. The van der Waals surface area contributed by atoms with Crippen LogP contribution in [0.4, 0.5) is 0 Å². The van der Waals surface area contributed by atoms with E-state index in [2.05, 4.69) is 23.1 Å². The van der Waals surface area contributed by atoms with E-state index in [4.69, 9.17) is 18.0 Å². The average Bonchev–Trinajstić information content (AvgIpc) is 2.72. The Bertz CT molecular complexity index is 553. The largest absolute Gasteiger partial charge is 0.305 e. The Balaban J connectivity index is 2.12. The predicted molar refractivity (Wildman–Crippen MR) is 70.0 cm³/mol. The lowest BCUT2D eigenvalue weighted by molar-refractivity contribution is 0.587. The van der Waals surface area contributed by atoms with Crippen molar-refractivity contribution in [3.63, 3.8) is 0 Å². The maximum absolute atomic E-state index is 5.91. The van der Waals surface area contributed by atoms with Crippen LogP contribution in [0.15, 0.2) is 24.5 Å². The molecule has 3 nitrogen and oxygen atoms in total. The van der Waals surface area contributed by atoms with Gasteiger partial charge in [0.1, 0.15) is 5.65 Å². The highest BCUT2D eigenvalue weighted by Crippen LogP contribution is 2.11. The molecule has 0 aliphatic carbocycles. The number of terminal acetylenes is 1. The smallest absolute Gasteiger partial charge is 0.137 e. The molecule has 0 aliphatic heterocycles. The zero-order chi connectivity index (χ0) is 12.3. The molecule has 1 atom stereocenters. The van der Waals surface area contributed by atoms with Gasteiger partial charge in [-0.15, -0.1) is 6.42 Å². The van der Waals surface area contributed by atoms with Gasteiger partial charge in [0.25, 0.3) is 0 Å². The fourth-order valence-electron chi connectivity index (χ4n) is 1.65. The summed E-state index contributed by atoms with van der Waals surface area (Å²) in [6, 6.07) is 3.82. The van der Waals surface area contributed by atoms with Gasteiger partial charge < -0.3 is 4.40 Å². The van der Waals surface area contributed by atoms with Gasteiger partial charge >= 0.3 is 0 Å². The molecule has 0 aliphatic rings. The number of nitrogens with one attached hydrogen (secondary N) is 1. The van der Waals surface area contributed by atoms with Gasteiger partial charge in [-0.3, -0.25) is 5.32 Å². The summed E-state index contributed by atoms with van der Waals surface area (Å²) >= 11 is 5.91. The van der Waals surface area contributed by atoms with Crippen molar-refractivity contribution in [2.45, 2.75) is 25.9 Å². The molecule has 88 valence electrons. The Morgan fingerprint density at radius 3 is 3.06 bits per heavy atom. The molecule has 0 bridgehead atoms. The molecule has 0 saturated carbocycles. The Morgan fingerprint density at radius 1 is 1.53 bits per heavy atom. The number of halogens is 1. The lowest BCUT2D eigenvalue weighted by Crippen LogP contribution is -2.26. The molecular weight excluding hydrogens is 234 g/mol. The van der Waals surface area contributed by atoms with E-state index in [1.807, 2.05) is 28.9 Å². The minimum atomic E-state index is 0.100. The summed E-state index contributed by atoms with van der Waals surface area (Å²) in [7, 11) is 0. The number of hydrogen-bond acceptors (Lipinski definition) is 2. The van der Waals surface area contributed by atoms with Crippen LogP contribution in [0, 0.1) is 12.3 Å². The molecule has 0 aromatic carbocycles. The molecule has 0 radical (unpaired) electrons. The highest BCUT2D eigenvalue weighted by Gasteiger charge is 2.04. The zero-order valence-electron chi connectivity index (χ0n) is 9.65. The van der Waals surface area contributed by atoms with E-state index in [9.17, 15) is 0 Å². The van der Waals surface area contributed by atoms with Crippen molar-refractivity contribution in [2.75, 3.05) is 0 Å². The van der Waals surface area contributed by atoms with Crippen LogP contribution in [-0.4, -0.2) is 15.4 Å². The Hall–Kier alpha value is -1.50. The van der Waals surface area contributed by atoms with Gasteiger partial charge in [-0.05, 0) is 18.6 Å². The van der Waals surface area contributed by atoms with Crippen LogP contribution in [-0.2, 0) is 6.54 Å². The molecular formula is C13H14ClN3. The predicted octanol–water partition coefficient (Wildman–Crippen LogP) is 2.49. The van der Waals surface area contributed by atoms with Gasteiger partial charge in [-0.2, -0.15) is 0 Å². The monoisotopic (exact) mass is 247 g/mol. The van der Waals surface area contributed by atoms with Gasteiger partial charge in [0.2, 0.25) is 0 Å². The summed E-state index contributed by atoms with van der Waals surface area (Å²) in [4.78, 5) is 4.47. The summed E-state index contributed by atoms with van der Waals surface area (Å²) in [5.41, 5.74) is 1.85. The van der Waals surface area contributed by atoms with E-state index in [0.717, 1.165) is 17.8 Å². The van der Waals surface area contributed by atoms with Crippen LogP contribution in [0.1, 0.15) is 19.0 Å². The van der Waals surface area contributed by atoms with E-state index in [-0.39, 0.29) is 6.04 Å². The number of imidazole rings is 1. The van der Waals surface area contributed by atoms with E-state index >= 15 is 0 Å². The zero-order valence-corrected chi connectivity index (χ0v) is 10.4. The Kier molecular flexibility index (Phi) is 3.68. The van der Waals surface area contributed by atoms with Gasteiger partial charge in [0, 0.05) is 18.9 Å². The molecule has 2 rings (SSSR count). The van der Waals surface area contributed by atoms with Gasteiger partial charge in [0.05, 0.1) is 16.8 Å². The molecule has 2 heterocycles. The normalized spacial score (nSPS) is 12.5. The molecule has 0 spiro atoms. The molecule has 1 N–H and O–H groups in total. The topological polar surface area (TPSA) is 29.3 Å². The van der Waals surface area contributed by atoms with Gasteiger partial charge in [0.15, 0.2) is 0 Å². The Morgan fingerprint density at radius 2 is 2.35 bits per heavy atom. The summed E-state index contributed by atoms with van der Waals surface area (Å²) in [6.45, 7) is 2.73. The standard InChI is InChI=1S/C13H14ClN3/c1-3-11(4-2)15-7-12-9-17-8-10(14)5-6-13(17)16-12/h1,5-6,8-9,11,15H,4,7H2,2H3. The lowest BCUT2D eigenvalue weighted by Gasteiger charge is -2.07. The van der Waals surface area contributed by atoms with Crippen molar-refractivity contribution in [3.8, 4) is 12.3 Å². The highest BCUT2D eigenvalue weighted by atomic mass is 35.5. The second kappa shape index (κ2) is 5.22. The first kappa shape index (κ1) is 12.0. The SMILES string of the molecule is C#CC(CC)NCc1cn2cc(Cl)ccc2n1. The summed E-state index contributed by atoms with van der Waals surface area (Å²) in [5, 5.41) is 3.96. The number of aromatic nitrogens is 2. The first-order valence-electron chi connectivity index (χ1n) is 5.55. The van der Waals surface area contributed by atoms with Crippen LogP contribution in [0.3, 0.4) is 0 Å². The maximum atomic E-state index is 5.91. The first-order chi connectivity index (χ1) is 8.22. The van der Waals surface area contributed by atoms with Crippen molar-refractivity contribution < 1.29 is 0 Å². The van der Waals surface area contributed by atoms with Crippen LogP contribution in [0.2, 0.25) is 5.02 Å². The molecule has 4 heteroatoms. The van der Waals surface area contributed by atoms with Gasteiger partial charge in [-0.1, -0.05) is 24.4 Å². The number of hydrogen-bond donors (Lipinski definition) is 1. The number of pyridine rings is 1. The second-order valence-corrected chi connectivity index (χ2v) is 4.29. The molecule has 17 heavy (non-hydrogen) atoms. The summed E-state index contributed by atoms with van der Waals surface area (Å²) in [5.74, 6) is 2.70. The minimum absolute atomic E-state index is 0.100. The third-order valence-corrected chi connectivity index (χ3v) is 2.83. The molecule has 2 aromatic heterocycles. The third kappa shape index (κ3) is 2.79. The van der Waals surface area contributed by atoms with Crippen molar-refractivity contribution in [1.82, 2.24) is 14.7 Å². The van der Waals surface area contributed by atoms with E-state index in [0.29, 0.717) is 11.6 Å². The molecule has 0 fully saturated rings. The fraction of sp³-hybridized carbons (Fsp3) is 0.308. The summed E-state index contributed by atoms with van der Waals surface area (Å²) in [6.07, 6.45) is 10.1. The van der Waals surface area contributed by atoms with Crippen molar-refractivity contribution in [1.29, 1.82) is 0 Å².